The third kappa shape index (κ3) is 3.70. The van der Waals surface area contributed by atoms with Crippen molar-refractivity contribution < 1.29 is 9.59 Å². The van der Waals surface area contributed by atoms with Gasteiger partial charge >= 0.3 is 0 Å². The Hall–Kier alpha value is -2.37. The normalized spacial score (nSPS) is 19.6. The molecule has 0 unspecified atom stereocenters. The van der Waals surface area contributed by atoms with Gasteiger partial charge in [0.15, 0.2) is 0 Å². The zero-order chi connectivity index (χ0) is 19.0. The molecule has 1 N–H and O–H groups in total. The average molecular weight is 368 g/mol. The van der Waals surface area contributed by atoms with Crippen molar-refractivity contribution in [2.45, 2.75) is 45.4 Å². The van der Waals surface area contributed by atoms with Crippen molar-refractivity contribution in [3.63, 3.8) is 0 Å². The number of carbonyl (C=O) groups is 2. The van der Waals surface area contributed by atoms with Crippen LogP contribution in [0, 0.1) is 12.8 Å². The first-order valence-electron chi connectivity index (χ1n) is 10.0. The van der Waals surface area contributed by atoms with E-state index in [1.54, 1.807) is 6.92 Å². The number of nitrogens with one attached hydrogen (secondary N) is 1. The number of piperidine rings is 2. The number of amides is 2. The van der Waals surface area contributed by atoms with Gasteiger partial charge in [0.2, 0.25) is 11.8 Å². The summed E-state index contributed by atoms with van der Waals surface area (Å²) >= 11 is 0. The summed E-state index contributed by atoms with van der Waals surface area (Å²) in [6, 6.07) is 6.29. The lowest BCUT2D eigenvalue weighted by atomic mass is 9.92. The molecule has 3 heterocycles. The fourth-order valence-corrected chi connectivity index (χ4v) is 4.41. The highest BCUT2D eigenvalue weighted by atomic mass is 16.2. The van der Waals surface area contributed by atoms with Crippen molar-refractivity contribution >= 4 is 22.8 Å². The van der Waals surface area contributed by atoms with Gasteiger partial charge in [-0.05, 0) is 50.3 Å². The molecular weight excluding hydrogens is 340 g/mol. The number of aryl methyl sites for hydroxylation is 1. The van der Waals surface area contributed by atoms with E-state index in [2.05, 4.69) is 30.1 Å². The van der Waals surface area contributed by atoms with Gasteiger partial charge < -0.3 is 14.8 Å². The van der Waals surface area contributed by atoms with Crippen LogP contribution in [0.15, 0.2) is 18.2 Å². The number of imidazole rings is 1. The van der Waals surface area contributed by atoms with Crippen LogP contribution in [-0.4, -0.2) is 57.8 Å². The Kier molecular flexibility index (Phi) is 4.89. The predicted molar refractivity (Wildman–Crippen MR) is 104 cm³/mol. The Morgan fingerprint density at radius 1 is 1.04 bits per heavy atom. The number of benzene rings is 1. The Morgan fingerprint density at radius 2 is 1.70 bits per heavy atom. The lowest BCUT2D eigenvalue weighted by Gasteiger charge is -2.36. The van der Waals surface area contributed by atoms with E-state index in [1.807, 2.05) is 9.80 Å². The first-order valence-corrected chi connectivity index (χ1v) is 10.0. The number of carbonyl (C=O) groups excluding carboxylic acids is 2. The highest BCUT2D eigenvalue weighted by Crippen LogP contribution is 2.30. The van der Waals surface area contributed by atoms with Gasteiger partial charge in [-0.3, -0.25) is 9.59 Å². The third-order valence-corrected chi connectivity index (χ3v) is 6.14. The fourth-order valence-electron chi connectivity index (χ4n) is 4.41. The van der Waals surface area contributed by atoms with Crippen LogP contribution in [0.25, 0.3) is 11.0 Å². The van der Waals surface area contributed by atoms with Crippen LogP contribution >= 0.6 is 0 Å². The lowest BCUT2D eigenvalue weighted by molar-refractivity contribution is -0.140. The molecule has 27 heavy (non-hydrogen) atoms. The Bertz CT molecular complexity index is 843. The second kappa shape index (κ2) is 7.33. The summed E-state index contributed by atoms with van der Waals surface area (Å²) in [4.78, 5) is 36.4. The summed E-state index contributed by atoms with van der Waals surface area (Å²) in [5, 5.41) is 0. The van der Waals surface area contributed by atoms with E-state index in [9.17, 15) is 9.59 Å². The lowest BCUT2D eigenvalue weighted by Crippen LogP contribution is -2.46. The molecular formula is C21H28N4O2. The zero-order valence-corrected chi connectivity index (χ0v) is 16.2. The van der Waals surface area contributed by atoms with E-state index in [4.69, 9.17) is 4.98 Å². The molecule has 2 saturated heterocycles. The minimum absolute atomic E-state index is 0.0753. The molecule has 0 aliphatic carbocycles. The summed E-state index contributed by atoms with van der Waals surface area (Å²) in [5.41, 5.74) is 3.35. The Morgan fingerprint density at radius 3 is 2.37 bits per heavy atom. The molecule has 0 bridgehead atoms. The van der Waals surface area contributed by atoms with Crippen LogP contribution in [0.3, 0.4) is 0 Å². The number of likely N-dealkylation sites (tertiary alicyclic amines) is 2. The number of hydrogen-bond donors (Lipinski definition) is 1. The minimum atomic E-state index is 0.0753. The van der Waals surface area contributed by atoms with Crippen molar-refractivity contribution in [2.24, 2.45) is 5.92 Å². The van der Waals surface area contributed by atoms with Crippen LogP contribution < -0.4 is 0 Å². The first kappa shape index (κ1) is 18.0. The predicted octanol–water partition coefficient (Wildman–Crippen LogP) is 2.84. The van der Waals surface area contributed by atoms with Crippen molar-refractivity contribution in [2.75, 3.05) is 26.2 Å². The molecule has 2 amide bonds. The first-order chi connectivity index (χ1) is 13.0. The molecule has 144 valence electrons. The molecule has 2 aliphatic heterocycles. The second-order valence-electron chi connectivity index (χ2n) is 8.02. The van der Waals surface area contributed by atoms with Gasteiger partial charge in [-0.1, -0.05) is 6.07 Å². The molecule has 4 rings (SSSR count). The molecule has 2 aromatic rings. The van der Waals surface area contributed by atoms with Gasteiger partial charge in [0.1, 0.15) is 5.82 Å². The van der Waals surface area contributed by atoms with Crippen molar-refractivity contribution in [1.82, 2.24) is 19.8 Å². The highest BCUT2D eigenvalue weighted by molar-refractivity contribution is 5.80. The monoisotopic (exact) mass is 368 g/mol. The molecule has 2 aliphatic rings. The SMILES string of the molecule is CC(=O)N1CCC(C(=O)N2CCC(c3nc4ccc(C)cc4[nH]3)CC2)CC1. The fraction of sp³-hybridized carbons (Fsp3) is 0.571. The van der Waals surface area contributed by atoms with Gasteiger partial charge in [0, 0.05) is 44.9 Å². The Balaban J connectivity index is 1.34. The molecule has 0 spiro atoms. The molecule has 2 fully saturated rings. The third-order valence-electron chi connectivity index (χ3n) is 6.14. The number of hydrogen-bond acceptors (Lipinski definition) is 3. The maximum Gasteiger partial charge on any atom is 0.225 e. The number of nitrogens with zero attached hydrogens (tertiary/aromatic N) is 3. The summed E-state index contributed by atoms with van der Waals surface area (Å²) < 4.78 is 0. The van der Waals surface area contributed by atoms with Gasteiger partial charge in [-0.15, -0.1) is 0 Å². The molecule has 6 nitrogen and oxygen atoms in total. The molecule has 6 heteroatoms. The number of rotatable bonds is 2. The van der Waals surface area contributed by atoms with Gasteiger partial charge in [-0.25, -0.2) is 4.98 Å². The number of H-pyrrole nitrogens is 1. The molecule has 0 atom stereocenters. The summed E-state index contributed by atoms with van der Waals surface area (Å²) in [7, 11) is 0. The van der Waals surface area contributed by atoms with E-state index in [1.165, 1.54) is 5.56 Å². The van der Waals surface area contributed by atoms with Crippen molar-refractivity contribution in [1.29, 1.82) is 0 Å². The molecule has 0 radical (unpaired) electrons. The van der Waals surface area contributed by atoms with Crippen molar-refractivity contribution in [3.05, 3.63) is 29.6 Å². The minimum Gasteiger partial charge on any atom is -0.343 e. The molecule has 1 aromatic heterocycles. The summed E-state index contributed by atoms with van der Waals surface area (Å²) in [6.07, 6.45) is 3.50. The van der Waals surface area contributed by atoms with Crippen molar-refractivity contribution in [3.8, 4) is 0 Å². The quantitative estimate of drug-likeness (QED) is 0.886. The summed E-state index contributed by atoms with van der Waals surface area (Å²) in [6.45, 7) is 6.71. The number of aromatic amines is 1. The van der Waals surface area contributed by atoms with Crippen LogP contribution in [0.1, 0.15) is 49.9 Å². The standard InChI is InChI=1S/C21H28N4O2/c1-14-3-4-18-19(13-14)23-20(22-18)16-5-11-25(12-6-16)21(27)17-7-9-24(10-8-17)15(2)26/h3-4,13,16-17H,5-12H2,1-2H3,(H,22,23). The highest BCUT2D eigenvalue weighted by Gasteiger charge is 2.32. The van der Waals surface area contributed by atoms with Crippen LogP contribution in [0.2, 0.25) is 0 Å². The molecule has 1 aromatic carbocycles. The van der Waals surface area contributed by atoms with Gasteiger partial charge in [0.25, 0.3) is 0 Å². The smallest absolute Gasteiger partial charge is 0.225 e. The van der Waals surface area contributed by atoms with Crippen LogP contribution in [-0.2, 0) is 9.59 Å². The summed E-state index contributed by atoms with van der Waals surface area (Å²) in [5.74, 6) is 1.91. The Labute approximate surface area is 159 Å². The van der Waals surface area contributed by atoms with E-state index >= 15 is 0 Å². The van der Waals surface area contributed by atoms with E-state index in [0.717, 1.165) is 55.6 Å². The largest absolute Gasteiger partial charge is 0.343 e. The molecule has 0 saturated carbocycles. The van der Waals surface area contributed by atoms with Crippen LogP contribution in [0.5, 0.6) is 0 Å². The van der Waals surface area contributed by atoms with Crippen LogP contribution in [0.4, 0.5) is 0 Å². The van der Waals surface area contributed by atoms with E-state index in [0.29, 0.717) is 19.0 Å². The van der Waals surface area contributed by atoms with E-state index in [-0.39, 0.29) is 17.7 Å². The zero-order valence-electron chi connectivity index (χ0n) is 16.2. The number of aromatic nitrogens is 2. The second-order valence-corrected chi connectivity index (χ2v) is 8.02. The van der Waals surface area contributed by atoms with E-state index < -0.39 is 0 Å². The maximum atomic E-state index is 12.9. The van der Waals surface area contributed by atoms with Gasteiger partial charge in [0.05, 0.1) is 11.0 Å². The maximum absolute atomic E-state index is 12.9. The number of fused-ring (bicyclic) bond motifs is 1. The average Bonchev–Trinajstić information content (AvgIpc) is 3.11. The topological polar surface area (TPSA) is 69.3 Å². The van der Waals surface area contributed by atoms with Gasteiger partial charge in [-0.2, -0.15) is 0 Å².